The van der Waals surface area contributed by atoms with Crippen molar-refractivity contribution in [1.82, 2.24) is 10.6 Å². The average Bonchev–Trinajstić information content (AvgIpc) is 2.46. The van der Waals surface area contributed by atoms with E-state index >= 15 is 0 Å². The highest BCUT2D eigenvalue weighted by Crippen LogP contribution is 2.09. The molecule has 0 aromatic heterocycles. The Morgan fingerprint density at radius 3 is 2.10 bits per heavy atom. The molecule has 1 rings (SSSR count). The minimum absolute atomic E-state index is 0.708. The molecule has 0 aliphatic carbocycles. The average molecular weight is 295 g/mol. The molecule has 0 amide bonds. The fourth-order valence-corrected chi connectivity index (χ4v) is 1.92. The van der Waals surface area contributed by atoms with Crippen molar-refractivity contribution >= 4 is 17.3 Å². The van der Waals surface area contributed by atoms with E-state index < -0.39 is 0 Å². The van der Waals surface area contributed by atoms with Gasteiger partial charge in [0.15, 0.2) is 5.11 Å². The second kappa shape index (κ2) is 11.7. The van der Waals surface area contributed by atoms with Crippen LogP contribution in [-0.4, -0.2) is 11.7 Å². The Kier molecular flexibility index (Phi) is 11.1. The molecule has 0 bridgehead atoms. The van der Waals surface area contributed by atoms with Gasteiger partial charge >= 0.3 is 0 Å². The number of nitrogens with one attached hydrogen (secondary N) is 2. The van der Waals surface area contributed by atoms with Crippen LogP contribution in [0, 0.1) is 5.92 Å². The minimum atomic E-state index is 0.708. The lowest BCUT2D eigenvalue weighted by molar-refractivity contribution is 0.647. The molecule has 0 aliphatic rings. The van der Waals surface area contributed by atoms with Gasteiger partial charge in [-0.25, -0.2) is 0 Å². The van der Waals surface area contributed by atoms with Crippen LogP contribution in [-0.2, 0) is 13.0 Å². The van der Waals surface area contributed by atoms with Gasteiger partial charge in [0.25, 0.3) is 0 Å². The number of hydrogen-bond acceptors (Lipinski definition) is 1. The third-order valence-electron chi connectivity index (χ3n) is 2.66. The van der Waals surface area contributed by atoms with Crippen LogP contribution >= 0.6 is 12.2 Å². The summed E-state index contributed by atoms with van der Waals surface area (Å²) in [6.07, 6.45) is 2.23. The third-order valence-corrected chi connectivity index (χ3v) is 2.94. The van der Waals surface area contributed by atoms with E-state index in [9.17, 15) is 0 Å². The minimum Gasteiger partial charge on any atom is -0.363 e. The molecular weight excluding hydrogens is 264 g/mol. The van der Waals surface area contributed by atoms with E-state index in [1.54, 1.807) is 0 Å². The van der Waals surface area contributed by atoms with Crippen molar-refractivity contribution in [2.45, 2.75) is 54.0 Å². The molecule has 2 nitrogen and oxygen atoms in total. The van der Waals surface area contributed by atoms with Crippen LogP contribution in [0.2, 0.25) is 0 Å². The molecule has 20 heavy (non-hydrogen) atoms. The predicted molar refractivity (Wildman–Crippen MR) is 94.1 cm³/mol. The molecular formula is C17H30N2S. The molecule has 3 heteroatoms. The highest BCUT2D eigenvalue weighted by Gasteiger charge is 1.99. The summed E-state index contributed by atoms with van der Waals surface area (Å²) in [7, 11) is 0. The second-order valence-corrected chi connectivity index (χ2v) is 5.43. The molecule has 0 heterocycles. The SMILES string of the molecule is CC.CCCNC(=S)NCc1ccc(CC(C)C)cc1. The van der Waals surface area contributed by atoms with Crippen LogP contribution in [0.4, 0.5) is 0 Å². The zero-order valence-corrected chi connectivity index (χ0v) is 14.4. The van der Waals surface area contributed by atoms with E-state index in [4.69, 9.17) is 12.2 Å². The topological polar surface area (TPSA) is 24.1 Å². The summed E-state index contributed by atoms with van der Waals surface area (Å²) in [6.45, 7) is 12.3. The Balaban J connectivity index is 0.00000172. The lowest BCUT2D eigenvalue weighted by atomic mass is 10.0. The lowest BCUT2D eigenvalue weighted by Gasteiger charge is -2.10. The van der Waals surface area contributed by atoms with E-state index in [0.29, 0.717) is 5.92 Å². The maximum Gasteiger partial charge on any atom is 0.166 e. The summed E-state index contributed by atoms with van der Waals surface area (Å²) in [4.78, 5) is 0. The summed E-state index contributed by atoms with van der Waals surface area (Å²) in [5, 5.41) is 7.11. The summed E-state index contributed by atoms with van der Waals surface area (Å²) >= 11 is 5.18. The summed E-state index contributed by atoms with van der Waals surface area (Å²) < 4.78 is 0. The molecule has 1 aromatic carbocycles. The maximum absolute atomic E-state index is 5.18. The fraction of sp³-hybridized carbons (Fsp3) is 0.588. The van der Waals surface area contributed by atoms with Gasteiger partial charge in [0.1, 0.15) is 0 Å². The molecule has 1 aromatic rings. The maximum atomic E-state index is 5.18. The molecule has 0 saturated heterocycles. The van der Waals surface area contributed by atoms with Crippen LogP contribution in [0.15, 0.2) is 24.3 Å². The van der Waals surface area contributed by atoms with Crippen molar-refractivity contribution in [3.63, 3.8) is 0 Å². The van der Waals surface area contributed by atoms with Gasteiger partial charge in [0.05, 0.1) is 0 Å². The van der Waals surface area contributed by atoms with E-state index in [0.717, 1.165) is 31.0 Å². The third kappa shape index (κ3) is 8.92. The fourth-order valence-electron chi connectivity index (χ4n) is 1.75. The predicted octanol–water partition coefficient (Wildman–Crippen LogP) is 4.29. The Bertz CT molecular complexity index is 358. The first-order valence-electron chi connectivity index (χ1n) is 7.71. The van der Waals surface area contributed by atoms with Gasteiger partial charge in [-0.05, 0) is 42.1 Å². The van der Waals surface area contributed by atoms with E-state index in [1.165, 1.54) is 11.1 Å². The van der Waals surface area contributed by atoms with Gasteiger partial charge in [0.2, 0.25) is 0 Å². The van der Waals surface area contributed by atoms with Gasteiger partial charge in [0, 0.05) is 13.1 Å². The van der Waals surface area contributed by atoms with Crippen LogP contribution in [0.1, 0.15) is 52.2 Å². The normalized spacial score (nSPS) is 9.70. The van der Waals surface area contributed by atoms with Gasteiger partial charge in [-0.15, -0.1) is 0 Å². The van der Waals surface area contributed by atoms with Crippen molar-refractivity contribution in [3.8, 4) is 0 Å². The van der Waals surface area contributed by atoms with Crippen LogP contribution in [0.3, 0.4) is 0 Å². The Morgan fingerprint density at radius 2 is 1.60 bits per heavy atom. The summed E-state index contributed by atoms with van der Waals surface area (Å²) in [5.41, 5.74) is 2.67. The standard InChI is InChI=1S/C15H24N2S.C2H6/c1-4-9-16-15(18)17-11-14-7-5-13(6-8-14)10-12(2)3;1-2/h5-8,12H,4,9-11H2,1-3H3,(H2,16,17,18);1-2H3. The molecule has 2 N–H and O–H groups in total. The van der Waals surface area contributed by atoms with Gasteiger partial charge in [-0.1, -0.05) is 58.9 Å². The van der Waals surface area contributed by atoms with Crippen LogP contribution in [0.5, 0.6) is 0 Å². The first-order valence-corrected chi connectivity index (χ1v) is 8.12. The van der Waals surface area contributed by atoms with Crippen molar-refractivity contribution in [1.29, 1.82) is 0 Å². The Morgan fingerprint density at radius 1 is 1.05 bits per heavy atom. The molecule has 114 valence electrons. The van der Waals surface area contributed by atoms with Gasteiger partial charge < -0.3 is 10.6 Å². The summed E-state index contributed by atoms with van der Waals surface area (Å²) in [6, 6.07) is 8.76. The largest absolute Gasteiger partial charge is 0.363 e. The molecule has 0 spiro atoms. The number of thiocarbonyl (C=S) groups is 1. The van der Waals surface area contributed by atoms with Crippen molar-refractivity contribution in [3.05, 3.63) is 35.4 Å². The first kappa shape index (κ1) is 18.9. The smallest absolute Gasteiger partial charge is 0.166 e. The van der Waals surface area contributed by atoms with Crippen LogP contribution < -0.4 is 10.6 Å². The highest BCUT2D eigenvalue weighted by atomic mass is 32.1. The monoisotopic (exact) mass is 294 g/mol. The molecule has 0 unspecified atom stereocenters. The van der Waals surface area contributed by atoms with Gasteiger partial charge in [-0.3, -0.25) is 0 Å². The van der Waals surface area contributed by atoms with E-state index in [1.807, 2.05) is 13.8 Å². The summed E-state index contributed by atoms with van der Waals surface area (Å²) in [5.74, 6) is 0.708. The van der Waals surface area contributed by atoms with E-state index in [2.05, 4.69) is 55.7 Å². The van der Waals surface area contributed by atoms with Gasteiger partial charge in [-0.2, -0.15) is 0 Å². The van der Waals surface area contributed by atoms with Crippen molar-refractivity contribution in [2.24, 2.45) is 5.92 Å². The van der Waals surface area contributed by atoms with Crippen molar-refractivity contribution in [2.75, 3.05) is 6.54 Å². The zero-order chi connectivity index (χ0) is 15.4. The number of hydrogen-bond donors (Lipinski definition) is 2. The first-order chi connectivity index (χ1) is 9.61. The van der Waals surface area contributed by atoms with Crippen LogP contribution in [0.25, 0.3) is 0 Å². The highest BCUT2D eigenvalue weighted by molar-refractivity contribution is 7.80. The molecule has 0 fully saturated rings. The Labute approximate surface area is 130 Å². The molecule has 0 radical (unpaired) electrons. The number of benzene rings is 1. The second-order valence-electron chi connectivity index (χ2n) is 5.02. The van der Waals surface area contributed by atoms with Crippen molar-refractivity contribution < 1.29 is 0 Å². The lowest BCUT2D eigenvalue weighted by Crippen LogP contribution is -2.35. The molecule has 0 atom stereocenters. The number of rotatable bonds is 6. The quantitative estimate of drug-likeness (QED) is 0.766. The molecule has 0 aliphatic heterocycles. The zero-order valence-electron chi connectivity index (χ0n) is 13.6. The van der Waals surface area contributed by atoms with E-state index in [-0.39, 0.29) is 0 Å². The Hall–Kier alpha value is -1.09. The molecule has 0 saturated carbocycles.